The first-order valence-electron chi connectivity index (χ1n) is 32.5. The van der Waals surface area contributed by atoms with Gasteiger partial charge in [-0.25, -0.2) is 0 Å². The van der Waals surface area contributed by atoms with Gasteiger partial charge in [0.2, 0.25) is 0 Å². The van der Waals surface area contributed by atoms with E-state index in [1.807, 2.05) is 0 Å². The SMILES string of the molecule is c1ccc(C(c2cc(C(c3ccccc3)c3cccc4ccccc34)cc(S(c3ccccc3)(c3ccccc3)c3cc(C(c4ccccc4)c4cccc5ccccc45)cc(C(c4ccccc4)c4cccc5ccccc45)c3)c2)c2cccc3ccccc23)cc1. The summed E-state index contributed by atoms with van der Waals surface area (Å²) in [5.74, 6) is -0.637. The molecule has 0 aliphatic carbocycles. The van der Waals surface area contributed by atoms with Crippen molar-refractivity contribution >= 4 is 53.1 Å². The molecule has 0 saturated heterocycles. The highest BCUT2D eigenvalue weighted by atomic mass is 32.3. The van der Waals surface area contributed by atoms with E-state index in [0.29, 0.717) is 0 Å². The molecule has 4 unspecified atom stereocenters. The molecule has 0 radical (unpaired) electrons. The van der Waals surface area contributed by atoms with Crippen LogP contribution in [0.2, 0.25) is 0 Å². The number of hydrogen-bond acceptors (Lipinski definition) is 0. The third-order valence-electron chi connectivity index (χ3n) is 19.2. The van der Waals surface area contributed by atoms with E-state index in [1.165, 1.54) is 129 Å². The predicted octanol–water partition coefficient (Wildman–Crippen LogP) is 24.4. The molecular formula is C92H68S. The van der Waals surface area contributed by atoms with E-state index in [-0.39, 0.29) is 23.7 Å². The summed E-state index contributed by atoms with van der Waals surface area (Å²) in [6, 6.07) is 148. The highest BCUT2D eigenvalue weighted by molar-refractivity contribution is 8.34. The Balaban J connectivity index is 1.09. The van der Waals surface area contributed by atoms with E-state index >= 15 is 0 Å². The number of fused-ring (bicyclic) bond motifs is 4. The quantitative estimate of drug-likeness (QED) is 0.0846. The van der Waals surface area contributed by atoms with Gasteiger partial charge in [-0.2, -0.15) is 0 Å². The number of hydrogen-bond donors (Lipinski definition) is 0. The molecule has 0 amide bonds. The zero-order chi connectivity index (χ0) is 61.9. The summed E-state index contributed by atoms with van der Waals surface area (Å²) < 4.78 is 0. The van der Waals surface area contributed by atoms with E-state index in [0.717, 1.165) is 0 Å². The highest BCUT2D eigenvalue weighted by Crippen LogP contribution is 2.74. The second-order valence-corrected chi connectivity index (χ2v) is 27.7. The van der Waals surface area contributed by atoms with E-state index in [2.05, 4.69) is 388 Å². The van der Waals surface area contributed by atoms with Gasteiger partial charge in [-0.1, -0.05) is 340 Å². The molecule has 4 atom stereocenters. The minimum absolute atomic E-state index is 0.159. The molecule has 16 rings (SSSR count). The van der Waals surface area contributed by atoms with Gasteiger partial charge in [0.15, 0.2) is 0 Å². The molecule has 0 spiro atoms. The van der Waals surface area contributed by atoms with Crippen molar-refractivity contribution in [1.29, 1.82) is 0 Å². The Kier molecular flexibility index (Phi) is 15.5. The van der Waals surface area contributed by atoms with Crippen LogP contribution in [0.1, 0.15) is 90.4 Å². The van der Waals surface area contributed by atoms with Crippen molar-refractivity contribution in [3.05, 3.63) is 455 Å². The summed E-state index contributed by atoms with van der Waals surface area (Å²) in [7, 11) is -2.56. The first-order chi connectivity index (χ1) is 46.2. The van der Waals surface area contributed by atoms with Crippen LogP contribution in [0.25, 0.3) is 43.1 Å². The summed E-state index contributed by atoms with van der Waals surface area (Å²) in [6.07, 6.45) is 0. The predicted molar refractivity (Wildman–Crippen MR) is 392 cm³/mol. The molecule has 0 N–H and O–H groups in total. The van der Waals surface area contributed by atoms with Gasteiger partial charge in [0, 0.05) is 43.3 Å². The van der Waals surface area contributed by atoms with E-state index in [1.54, 1.807) is 0 Å². The van der Waals surface area contributed by atoms with Crippen LogP contribution in [0.3, 0.4) is 0 Å². The van der Waals surface area contributed by atoms with Crippen LogP contribution in [0.4, 0.5) is 0 Å². The Bertz CT molecular complexity index is 4640. The maximum Gasteiger partial charge on any atom is 0.0346 e. The van der Waals surface area contributed by atoms with Crippen molar-refractivity contribution in [2.45, 2.75) is 43.3 Å². The van der Waals surface area contributed by atoms with Crippen LogP contribution < -0.4 is 0 Å². The van der Waals surface area contributed by atoms with Gasteiger partial charge in [-0.15, -0.1) is 10.0 Å². The lowest BCUT2D eigenvalue weighted by atomic mass is 9.78. The molecule has 0 fully saturated rings. The molecule has 1 heteroatoms. The molecule has 442 valence electrons. The van der Waals surface area contributed by atoms with Crippen LogP contribution in [-0.2, 0) is 0 Å². The van der Waals surface area contributed by atoms with Crippen molar-refractivity contribution in [3.63, 3.8) is 0 Å². The summed E-state index contributed by atoms with van der Waals surface area (Å²) in [4.78, 5) is 5.04. The molecule has 0 aliphatic heterocycles. The Hall–Kier alpha value is -11.1. The molecule has 0 heterocycles. The molecular weight excluding hydrogens is 1140 g/mol. The standard InChI is InChI=1S/C92H68S/c1-7-35-69(36-8-1)89(85-55-27-43-65-31-19-23-51-81(65)85)73-59-74(90(70-37-9-2-10-38-70)86-56-28-44-66-32-20-24-52-82(66)86)62-79(61-73)93(77-47-15-5-16-48-77,78-49-17-6-18-50-78)80-63-75(91(71-39-11-3-12-40-71)87-57-29-45-67-33-21-25-53-83(67)87)60-76(64-80)92(72-41-13-4-14-42-72)88-58-30-46-68-34-22-26-54-84(68)88/h1-64,89-92H. The van der Waals surface area contributed by atoms with E-state index in [9.17, 15) is 0 Å². The molecule has 0 saturated carbocycles. The topological polar surface area (TPSA) is 0 Å². The molecule has 0 nitrogen and oxygen atoms in total. The monoisotopic (exact) mass is 1200 g/mol. The van der Waals surface area contributed by atoms with Gasteiger partial charge in [0.25, 0.3) is 0 Å². The molecule has 0 aromatic heterocycles. The van der Waals surface area contributed by atoms with Gasteiger partial charge in [-0.05, 0) is 158 Å². The Morgan fingerprint density at radius 1 is 0.151 bits per heavy atom. The number of benzene rings is 16. The lowest BCUT2D eigenvalue weighted by Crippen LogP contribution is -2.14. The molecule has 16 aromatic rings. The summed E-state index contributed by atoms with van der Waals surface area (Å²) in [5.41, 5.74) is 15.0. The normalized spacial score (nSPS) is 13.2. The van der Waals surface area contributed by atoms with Crippen LogP contribution in [0.5, 0.6) is 0 Å². The Morgan fingerprint density at radius 2 is 0.355 bits per heavy atom. The van der Waals surface area contributed by atoms with Crippen molar-refractivity contribution < 1.29 is 0 Å². The fraction of sp³-hybridized carbons (Fsp3) is 0.0435. The maximum absolute atomic E-state index is 2.65. The fourth-order valence-electron chi connectivity index (χ4n) is 15.2. The summed E-state index contributed by atoms with van der Waals surface area (Å²) in [5, 5.41) is 9.88. The summed E-state index contributed by atoms with van der Waals surface area (Å²) >= 11 is 0. The van der Waals surface area contributed by atoms with E-state index < -0.39 is 10.0 Å². The van der Waals surface area contributed by atoms with Gasteiger partial charge < -0.3 is 0 Å². The minimum Gasteiger partial charge on any atom is -0.133 e. The Morgan fingerprint density at radius 3 is 0.602 bits per heavy atom. The fourth-order valence-corrected chi connectivity index (χ4v) is 19.2. The van der Waals surface area contributed by atoms with Gasteiger partial charge in [0.05, 0.1) is 0 Å². The van der Waals surface area contributed by atoms with E-state index in [4.69, 9.17) is 0 Å². The minimum atomic E-state index is -2.56. The van der Waals surface area contributed by atoms with Crippen molar-refractivity contribution in [2.75, 3.05) is 0 Å². The molecule has 0 bridgehead atoms. The largest absolute Gasteiger partial charge is 0.133 e. The van der Waals surface area contributed by atoms with Crippen LogP contribution in [0.15, 0.2) is 408 Å². The second kappa shape index (κ2) is 25.3. The lowest BCUT2D eigenvalue weighted by Gasteiger charge is -2.44. The third-order valence-corrected chi connectivity index (χ3v) is 23.0. The van der Waals surface area contributed by atoms with Gasteiger partial charge >= 0.3 is 0 Å². The summed E-state index contributed by atoms with van der Waals surface area (Å²) in [6.45, 7) is 0. The molecule has 0 aliphatic rings. The van der Waals surface area contributed by atoms with Gasteiger partial charge in [-0.3, -0.25) is 0 Å². The average Bonchev–Trinajstić information content (AvgIpc) is 0.721. The van der Waals surface area contributed by atoms with Crippen LogP contribution >= 0.6 is 10.0 Å². The zero-order valence-electron chi connectivity index (χ0n) is 51.7. The highest BCUT2D eigenvalue weighted by Gasteiger charge is 2.38. The van der Waals surface area contributed by atoms with Crippen molar-refractivity contribution in [3.8, 4) is 0 Å². The van der Waals surface area contributed by atoms with Crippen molar-refractivity contribution in [2.24, 2.45) is 0 Å². The van der Waals surface area contributed by atoms with Crippen LogP contribution in [0, 0.1) is 0 Å². The smallest absolute Gasteiger partial charge is 0.0346 e. The first-order valence-corrected chi connectivity index (χ1v) is 34.1. The Labute approximate surface area is 547 Å². The first kappa shape index (κ1) is 57.1. The van der Waals surface area contributed by atoms with Crippen molar-refractivity contribution in [1.82, 2.24) is 0 Å². The second-order valence-electron chi connectivity index (χ2n) is 24.6. The van der Waals surface area contributed by atoms with Crippen LogP contribution in [-0.4, -0.2) is 0 Å². The average molecular weight is 1210 g/mol. The molecule has 93 heavy (non-hydrogen) atoms. The molecule has 16 aromatic carbocycles. The third kappa shape index (κ3) is 10.7. The lowest BCUT2D eigenvalue weighted by molar-refractivity contribution is 0.931. The zero-order valence-corrected chi connectivity index (χ0v) is 52.5. The van der Waals surface area contributed by atoms with Gasteiger partial charge in [0.1, 0.15) is 0 Å². The maximum atomic E-state index is 2.65. The number of rotatable bonds is 16.